The number of unbranched alkanes of at least 4 members (excludes halogenated alkanes) is 2. The zero-order valence-corrected chi connectivity index (χ0v) is 11.1. The highest BCUT2D eigenvalue weighted by atomic mass is 32.2. The van der Waals surface area contributed by atoms with Gasteiger partial charge in [0.25, 0.3) is 5.69 Å². The highest BCUT2D eigenvalue weighted by Crippen LogP contribution is 2.22. The first-order chi connectivity index (χ1) is 8.99. The number of nitro benzene ring substituents is 1. The number of para-hydroxylation sites is 1. The molecular formula is C11H16N2O5S. The first kappa shape index (κ1) is 15.5. The normalized spacial score (nSPS) is 11.4. The molecule has 0 aliphatic heterocycles. The van der Waals surface area contributed by atoms with Gasteiger partial charge < -0.3 is 5.11 Å². The molecule has 0 fully saturated rings. The van der Waals surface area contributed by atoms with Crippen molar-refractivity contribution in [3.05, 3.63) is 34.4 Å². The predicted molar refractivity (Wildman–Crippen MR) is 69.2 cm³/mol. The number of aliphatic hydroxyl groups excluding tert-OH is 1. The minimum absolute atomic E-state index is 0.0664. The molecule has 1 rings (SSSR count). The standard InChI is InChI=1S/C11H16N2O5S/c14-9-5-1-4-8-12-19(17,18)11-7-3-2-6-10(11)13(15)16/h2-3,6-7,12,14H,1,4-5,8-9H2. The number of hydrogen-bond donors (Lipinski definition) is 2. The molecule has 0 unspecified atom stereocenters. The second-order valence-corrected chi connectivity index (χ2v) is 5.64. The van der Waals surface area contributed by atoms with Gasteiger partial charge in [0.1, 0.15) is 0 Å². The maximum absolute atomic E-state index is 11.9. The van der Waals surface area contributed by atoms with Gasteiger partial charge in [0, 0.05) is 19.2 Å². The van der Waals surface area contributed by atoms with Crippen LogP contribution >= 0.6 is 0 Å². The molecule has 7 nitrogen and oxygen atoms in total. The van der Waals surface area contributed by atoms with Crippen LogP contribution in [0.15, 0.2) is 29.2 Å². The molecule has 1 aromatic rings. The molecule has 19 heavy (non-hydrogen) atoms. The van der Waals surface area contributed by atoms with Gasteiger partial charge in [-0.05, 0) is 25.3 Å². The maximum Gasteiger partial charge on any atom is 0.289 e. The second kappa shape index (κ2) is 7.17. The number of benzene rings is 1. The molecule has 0 bridgehead atoms. The van der Waals surface area contributed by atoms with Crippen molar-refractivity contribution in [3.63, 3.8) is 0 Å². The fourth-order valence-corrected chi connectivity index (χ4v) is 2.78. The Hall–Kier alpha value is -1.51. The summed E-state index contributed by atoms with van der Waals surface area (Å²) in [6, 6.07) is 5.21. The Labute approximate surface area is 111 Å². The fraction of sp³-hybridized carbons (Fsp3) is 0.455. The van der Waals surface area contributed by atoms with E-state index in [0.717, 1.165) is 6.07 Å². The lowest BCUT2D eigenvalue weighted by Gasteiger charge is -2.06. The van der Waals surface area contributed by atoms with Crippen molar-refractivity contribution in [1.82, 2.24) is 4.72 Å². The Morgan fingerprint density at radius 2 is 1.89 bits per heavy atom. The SMILES string of the molecule is O=[N+]([O-])c1ccccc1S(=O)(=O)NCCCCCO. The Bertz CT molecular complexity index is 530. The second-order valence-electron chi connectivity index (χ2n) is 3.91. The molecule has 0 amide bonds. The van der Waals surface area contributed by atoms with Crippen molar-refractivity contribution in [2.24, 2.45) is 0 Å². The van der Waals surface area contributed by atoms with Crippen molar-refractivity contribution in [3.8, 4) is 0 Å². The van der Waals surface area contributed by atoms with E-state index in [9.17, 15) is 18.5 Å². The lowest BCUT2D eigenvalue weighted by Crippen LogP contribution is -2.25. The van der Waals surface area contributed by atoms with E-state index < -0.39 is 20.6 Å². The summed E-state index contributed by atoms with van der Waals surface area (Å²) < 4.78 is 26.2. The molecule has 0 saturated heterocycles. The number of hydrogen-bond acceptors (Lipinski definition) is 5. The third-order valence-corrected chi connectivity index (χ3v) is 3.99. The van der Waals surface area contributed by atoms with Crippen molar-refractivity contribution < 1.29 is 18.4 Å². The molecule has 2 N–H and O–H groups in total. The van der Waals surface area contributed by atoms with Crippen LogP contribution in [0.4, 0.5) is 5.69 Å². The number of rotatable bonds is 8. The summed E-state index contributed by atoms with van der Waals surface area (Å²) in [7, 11) is -3.88. The van der Waals surface area contributed by atoms with Crippen molar-refractivity contribution in [2.45, 2.75) is 24.2 Å². The number of nitro groups is 1. The predicted octanol–water partition coefficient (Wildman–Crippen LogP) is 1.04. The van der Waals surface area contributed by atoms with Gasteiger partial charge in [0.15, 0.2) is 4.90 Å². The fourth-order valence-electron chi connectivity index (χ4n) is 1.53. The number of aliphatic hydroxyl groups is 1. The average Bonchev–Trinajstić information content (AvgIpc) is 2.38. The lowest BCUT2D eigenvalue weighted by molar-refractivity contribution is -0.387. The van der Waals surface area contributed by atoms with Crippen LogP contribution in [0.1, 0.15) is 19.3 Å². The van der Waals surface area contributed by atoms with E-state index in [-0.39, 0.29) is 18.0 Å². The van der Waals surface area contributed by atoms with Gasteiger partial charge >= 0.3 is 0 Å². The van der Waals surface area contributed by atoms with Crippen LogP contribution in [0.25, 0.3) is 0 Å². The molecule has 0 aromatic heterocycles. The zero-order valence-electron chi connectivity index (χ0n) is 10.3. The van der Waals surface area contributed by atoms with E-state index in [4.69, 9.17) is 5.11 Å². The van der Waals surface area contributed by atoms with E-state index in [1.807, 2.05) is 0 Å². The Morgan fingerprint density at radius 3 is 2.53 bits per heavy atom. The Morgan fingerprint density at radius 1 is 1.21 bits per heavy atom. The minimum Gasteiger partial charge on any atom is -0.396 e. The third kappa shape index (κ3) is 4.58. The van der Waals surface area contributed by atoms with Gasteiger partial charge in [-0.15, -0.1) is 0 Å². The van der Waals surface area contributed by atoms with Crippen LogP contribution in [0.3, 0.4) is 0 Å². The highest BCUT2D eigenvalue weighted by Gasteiger charge is 2.24. The highest BCUT2D eigenvalue weighted by molar-refractivity contribution is 7.89. The molecule has 0 saturated carbocycles. The first-order valence-corrected chi connectivity index (χ1v) is 7.31. The van der Waals surface area contributed by atoms with Gasteiger partial charge in [-0.25, -0.2) is 13.1 Å². The van der Waals surface area contributed by atoms with Crippen LogP contribution in [-0.4, -0.2) is 31.6 Å². The molecule has 0 heterocycles. The van der Waals surface area contributed by atoms with Gasteiger partial charge in [-0.2, -0.15) is 0 Å². The number of nitrogens with one attached hydrogen (secondary N) is 1. The van der Waals surface area contributed by atoms with Crippen LogP contribution in [0, 0.1) is 10.1 Å². The maximum atomic E-state index is 11.9. The quantitative estimate of drug-likeness (QED) is 0.422. The van der Waals surface area contributed by atoms with Crippen molar-refractivity contribution in [2.75, 3.05) is 13.2 Å². The number of nitrogens with zero attached hydrogens (tertiary/aromatic N) is 1. The van der Waals surface area contributed by atoms with Crippen LogP contribution in [0.2, 0.25) is 0 Å². The van der Waals surface area contributed by atoms with E-state index in [1.54, 1.807) is 0 Å². The van der Waals surface area contributed by atoms with Crippen molar-refractivity contribution in [1.29, 1.82) is 0 Å². The van der Waals surface area contributed by atoms with E-state index in [1.165, 1.54) is 18.2 Å². The summed E-state index contributed by atoms with van der Waals surface area (Å²) in [6.45, 7) is 0.255. The molecule has 0 aliphatic carbocycles. The zero-order chi connectivity index (χ0) is 14.3. The van der Waals surface area contributed by atoms with Crippen LogP contribution < -0.4 is 4.72 Å². The molecule has 8 heteroatoms. The molecule has 0 radical (unpaired) electrons. The van der Waals surface area contributed by atoms with Crippen molar-refractivity contribution >= 4 is 15.7 Å². The van der Waals surface area contributed by atoms with E-state index in [2.05, 4.69) is 4.72 Å². The monoisotopic (exact) mass is 288 g/mol. The average molecular weight is 288 g/mol. The summed E-state index contributed by atoms with van der Waals surface area (Å²) >= 11 is 0. The molecular weight excluding hydrogens is 272 g/mol. The largest absolute Gasteiger partial charge is 0.396 e. The summed E-state index contributed by atoms with van der Waals surface area (Å²) in [6.07, 6.45) is 1.86. The molecule has 1 aromatic carbocycles. The number of sulfonamides is 1. The summed E-state index contributed by atoms with van der Waals surface area (Å²) in [5, 5.41) is 19.4. The summed E-state index contributed by atoms with van der Waals surface area (Å²) in [4.78, 5) is 9.72. The summed E-state index contributed by atoms with van der Waals surface area (Å²) in [5.41, 5.74) is -0.439. The van der Waals surface area contributed by atoms with Gasteiger partial charge in [0.2, 0.25) is 10.0 Å². The third-order valence-electron chi connectivity index (χ3n) is 2.48. The molecule has 106 valence electrons. The van der Waals surface area contributed by atoms with Gasteiger partial charge in [-0.3, -0.25) is 10.1 Å². The molecule has 0 atom stereocenters. The summed E-state index contributed by atoms with van der Waals surface area (Å²) in [5.74, 6) is 0. The van der Waals surface area contributed by atoms with Gasteiger partial charge in [-0.1, -0.05) is 12.1 Å². The molecule has 0 aliphatic rings. The van der Waals surface area contributed by atoms with Crippen LogP contribution in [-0.2, 0) is 10.0 Å². The van der Waals surface area contributed by atoms with E-state index in [0.29, 0.717) is 19.3 Å². The van der Waals surface area contributed by atoms with E-state index >= 15 is 0 Å². The minimum atomic E-state index is -3.88. The first-order valence-electron chi connectivity index (χ1n) is 5.83. The molecule has 0 spiro atoms. The van der Waals surface area contributed by atoms with Crippen LogP contribution in [0.5, 0.6) is 0 Å². The lowest BCUT2D eigenvalue weighted by atomic mass is 10.2. The van der Waals surface area contributed by atoms with Gasteiger partial charge in [0.05, 0.1) is 4.92 Å². The topological polar surface area (TPSA) is 110 Å². The Balaban J connectivity index is 2.75. The smallest absolute Gasteiger partial charge is 0.289 e. The Kier molecular flexibility index (Phi) is 5.87.